The number of imidazole rings is 1. The third kappa shape index (κ3) is 3.07. The fraction of sp³-hybridized carbons (Fsp3) is 0.0588. The third-order valence-corrected chi connectivity index (χ3v) is 4.36. The average molecular weight is 351 g/mol. The molecule has 0 unspecified atom stereocenters. The summed E-state index contributed by atoms with van der Waals surface area (Å²) < 4.78 is 6.91. The van der Waals surface area contributed by atoms with Gasteiger partial charge in [-0.25, -0.2) is 4.98 Å². The molecule has 1 amide bonds. The van der Waals surface area contributed by atoms with Crippen LogP contribution in [0.3, 0.4) is 0 Å². The number of benzene rings is 1. The summed E-state index contributed by atoms with van der Waals surface area (Å²) in [7, 11) is 1.50. The van der Waals surface area contributed by atoms with Crippen LogP contribution in [0.15, 0.2) is 54.2 Å². The Hall–Kier alpha value is -3.26. The first-order valence-electron chi connectivity index (χ1n) is 7.44. The zero-order chi connectivity index (χ0) is 17.2. The van der Waals surface area contributed by atoms with Gasteiger partial charge in [0.05, 0.1) is 12.8 Å². The Morgan fingerprint density at radius 1 is 1.24 bits per heavy atom. The lowest BCUT2D eigenvalue weighted by Gasteiger charge is -2.06. The molecule has 3 heterocycles. The maximum atomic E-state index is 12.3. The smallest absolute Gasteiger partial charge is 0.276 e. The minimum absolute atomic E-state index is 0.216. The molecule has 4 aromatic rings. The van der Waals surface area contributed by atoms with Crippen molar-refractivity contribution in [2.75, 3.05) is 12.4 Å². The highest BCUT2D eigenvalue weighted by Crippen LogP contribution is 2.24. The molecule has 1 N–H and O–H groups in total. The highest BCUT2D eigenvalue weighted by atomic mass is 32.1. The number of carbonyl (C=O) groups excluding carboxylic acids is 1. The molecule has 0 saturated heterocycles. The van der Waals surface area contributed by atoms with Crippen molar-refractivity contribution in [2.45, 2.75) is 0 Å². The first-order valence-corrected chi connectivity index (χ1v) is 8.32. The second-order valence-electron chi connectivity index (χ2n) is 5.21. The number of methoxy groups -OCH3 is 1. The number of ether oxygens (including phenoxy) is 1. The molecule has 0 saturated carbocycles. The Bertz CT molecular complexity index is 1010. The molecule has 0 aliphatic carbocycles. The molecule has 7 nitrogen and oxygen atoms in total. The van der Waals surface area contributed by atoms with Gasteiger partial charge in [0.1, 0.15) is 0 Å². The van der Waals surface area contributed by atoms with Crippen LogP contribution < -0.4 is 10.1 Å². The first kappa shape index (κ1) is 15.3. The number of hydrogen-bond donors (Lipinski definition) is 1. The van der Waals surface area contributed by atoms with Crippen molar-refractivity contribution in [1.82, 2.24) is 19.6 Å². The van der Waals surface area contributed by atoms with E-state index in [-0.39, 0.29) is 11.6 Å². The van der Waals surface area contributed by atoms with E-state index in [1.807, 2.05) is 46.4 Å². The molecule has 1 aromatic carbocycles. The minimum atomic E-state index is -0.335. The van der Waals surface area contributed by atoms with E-state index < -0.39 is 0 Å². The lowest BCUT2D eigenvalue weighted by Crippen LogP contribution is -2.14. The Morgan fingerprint density at radius 3 is 2.92 bits per heavy atom. The van der Waals surface area contributed by atoms with Gasteiger partial charge in [-0.1, -0.05) is 12.1 Å². The summed E-state index contributed by atoms with van der Waals surface area (Å²) in [5, 5.41) is 12.4. The molecule has 8 heteroatoms. The second-order valence-corrected chi connectivity index (χ2v) is 6.09. The van der Waals surface area contributed by atoms with E-state index in [9.17, 15) is 4.79 Å². The quantitative estimate of drug-likeness (QED) is 0.611. The number of anilines is 1. The monoisotopic (exact) mass is 351 g/mol. The van der Waals surface area contributed by atoms with Crippen LogP contribution in [0, 0.1) is 0 Å². The Labute approximate surface area is 146 Å². The van der Waals surface area contributed by atoms with Crippen molar-refractivity contribution in [3.05, 3.63) is 59.9 Å². The van der Waals surface area contributed by atoms with Crippen LogP contribution in [0.1, 0.15) is 10.5 Å². The number of fused-ring (bicyclic) bond motifs is 1. The molecule has 0 fully saturated rings. The SMILES string of the molecule is COc1ccc(C(=O)Nc2cccc(-c3cn4ccsc4n3)c2)nn1. The van der Waals surface area contributed by atoms with Crippen LogP contribution >= 0.6 is 11.3 Å². The number of amides is 1. The van der Waals surface area contributed by atoms with E-state index in [0.29, 0.717) is 11.6 Å². The predicted molar refractivity (Wildman–Crippen MR) is 95.0 cm³/mol. The van der Waals surface area contributed by atoms with Crippen LogP contribution in [0.2, 0.25) is 0 Å². The molecule has 4 rings (SSSR count). The summed E-state index contributed by atoms with van der Waals surface area (Å²) in [6.45, 7) is 0. The van der Waals surface area contributed by atoms with Gasteiger partial charge in [-0.05, 0) is 18.2 Å². The number of aromatic nitrogens is 4. The van der Waals surface area contributed by atoms with Crippen molar-refractivity contribution >= 4 is 27.9 Å². The average Bonchev–Trinajstić information content (AvgIpc) is 3.24. The number of nitrogens with zero attached hydrogens (tertiary/aromatic N) is 4. The second kappa shape index (κ2) is 6.33. The van der Waals surface area contributed by atoms with Crippen molar-refractivity contribution in [3.8, 4) is 17.1 Å². The van der Waals surface area contributed by atoms with Crippen LogP contribution in [-0.4, -0.2) is 32.6 Å². The molecular formula is C17H13N5O2S. The van der Waals surface area contributed by atoms with Gasteiger partial charge in [0, 0.05) is 35.1 Å². The van der Waals surface area contributed by atoms with Crippen molar-refractivity contribution in [2.24, 2.45) is 0 Å². The molecule has 0 bridgehead atoms. The molecular weight excluding hydrogens is 338 g/mol. The number of rotatable bonds is 4. The molecule has 0 radical (unpaired) electrons. The normalized spacial score (nSPS) is 10.8. The zero-order valence-electron chi connectivity index (χ0n) is 13.2. The fourth-order valence-electron chi connectivity index (χ4n) is 2.37. The molecule has 25 heavy (non-hydrogen) atoms. The summed E-state index contributed by atoms with van der Waals surface area (Å²) in [4.78, 5) is 17.8. The van der Waals surface area contributed by atoms with E-state index in [2.05, 4.69) is 20.5 Å². The zero-order valence-corrected chi connectivity index (χ0v) is 14.0. The number of thiazole rings is 1. The lowest BCUT2D eigenvalue weighted by molar-refractivity contribution is 0.102. The van der Waals surface area contributed by atoms with Crippen LogP contribution in [-0.2, 0) is 0 Å². The van der Waals surface area contributed by atoms with Crippen LogP contribution in [0.4, 0.5) is 5.69 Å². The number of carbonyl (C=O) groups is 1. The van der Waals surface area contributed by atoms with Gasteiger partial charge in [0.2, 0.25) is 5.88 Å². The Kier molecular flexibility index (Phi) is 3.87. The standard InChI is InChI=1S/C17H13N5O2S/c1-24-15-6-5-13(20-21-15)16(23)18-12-4-2-3-11(9-12)14-10-22-7-8-25-17(22)19-14/h2-10H,1H3,(H,18,23). The molecule has 0 spiro atoms. The highest BCUT2D eigenvalue weighted by Gasteiger charge is 2.11. The molecule has 124 valence electrons. The fourth-order valence-corrected chi connectivity index (χ4v) is 3.07. The largest absolute Gasteiger partial charge is 0.480 e. The van der Waals surface area contributed by atoms with Gasteiger partial charge >= 0.3 is 0 Å². The van der Waals surface area contributed by atoms with Gasteiger partial charge in [-0.2, -0.15) is 0 Å². The van der Waals surface area contributed by atoms with Crippen molar-refractivity contribution in [3.63, 3.8) is 0 Å². The predicted octanol–water partition coefficient (Wildman–Crippen LogP) is 3.11. The van der Waals surface area contributed by atoms with E-state index in [0.717, 1.165) is 16.2 Å². The van der Waals surface area contributed by atoms with Gasteiger partial charge in [-0.3, -0.25) is 9.20 Å². The molecule has 3 aromatic heterocycles. The minimum Gasteiger partial charge on any atom is -0.480 e. The van der Waals surface area contributed by atoms with Crippen molar-refractivity contribution in [1.29, 1.82) is 0 Å². The van der Waals surface area contributed by atoms with Gasteiger partial charge in [0.25, 0.3) is 5.91 Å². The van der Waals surface area contributed by atoms with E-state index in [1.54, 1.807) is 23.5 Å². The van der Waals surface area contributed by atoms with Crippen LogP contribution in [0.25, 0.3) is 16.2 Å². The summed E-state index contributed by atoms with van der Waals surface area (Å²) >= 11 is 1.57. The Morgan fingerprint density at radius 2 is 2.16 bits per heavy atom. The third-order valence-electron chi connectivity index (χ3n) is 3.59. The van der Waals surface area contributed by atoms with E-state index >= 15 is 0 Å². The van der Waals surface area contributed by atoms with Crippen LogP contribution in [0.5, 0.6) is 5.88 Å². The van der Waals surface area contributed by atoms with Crippen molar-refractivity contribution < 1.29 is 9.53 Å². The number of hydrogen-bond acceptors (Lipinski definition) is 6. The number of nitrogens with one attached hydrogen (secondary N) is 1. The maximum absolute atomic E-state index is 12.3. The lowest BCUT2D eigenvalue weighted by atomic mass is 10.1. The Balaban J connectivity index is 1.56. The summed E-state index contributed by atoms with van der Waals surface area (Å²) in [6, 6.07) is 10.7. The van der Waals surface area contributed by atoms with Gasteiger partial charge in [-0.15, -0.1) is 21.5 Å². The maximum Gasteiger partial charge on any atom is 0.276 e. The van der Waals surface area contributed by atoms with E-state index in [4.69, 9.17) is 4.74 Å². The summed E-state index contributed by atoms with van der Waals surface area (Å²) in [6.07, 6.45) is 3.92. The summed E-state index contributed by atoms with van der Waals surface area (Å²) in [5.41, 5.74) is 2.66. The molecule has 0 atom stereocenters. The van der Waals surface area contributed by atoms with Gasteiger partial charge in [0.15, 0.2) is 10.7 Å². The summed E-state index contributed by atoms with van der Waals surface area (Å²) in [5.74, 6) is 0.0245. The molecule has 0 aliphatic heterocycles. The topological polar surface area (TPSA) is 81.4 Å². The highest BCUT2D eigenvalue weighted by molar-refractivity contribution is 7.15. The van der Waals surface area contributed by atoms with Gasteiger partial charge < -0.3 is 10.1 Å². The van der Waals surface area contributed by atoms with E-state index in [1.165, 1.54) is 7.11 Å². The molecule has 0 aliphatic rings. The first-order chi connectivity index (χ1) is 12.2.